The minimum absolute atomic E-state index is 0.251. The van der Waals surface area contributed by atoms with Crippen LogP contribution in [0.3, 0.4) is 0 Å². The number of hydrogen-bond acceptors (Lipinski definition) is 3. The number of aliphatic hydroxyl groups is 1. The first-order valence-electron chi connectivity index (χ1n) is 9.53. The van der Waals surface area contributed by atoms with Crippen LogP contribution in [-0.4, -0.2) is 48.3 Å². The van der Waals surface area contributed by atoms with Gasteiger partial charge in [-0.1, -0.05) is 18.2 Å². The van der Waals surface area contributed by atoms with Crippen molar-refractivity contribution in [2.45, 2.75) is 38.8 Å². The highest BCUT2D eigenvalue weighted by molar-refractivity contribution is 14.1. The fourth-order valence-corrected chi connectivity index (χ4v) is 4.99. The van der Waals surface area contributed by atoms with E-state index in [0.29, 0.717) is 0 Å². The summed E-state index contributed by atoms with van der Waals surface area (Å²) in [6, 6.07) is 13.6. The number of fused-ring (bicyclic) bond motifs is 1. The van der Waals surface area contributed by atoms with Gasteiger partial charge in [-0.25, -0.2) is 0 Å². The van der Waals surface area contributed by atoms with Crippen LogP contribution in [0.5, 0.6) is 0 Å². The number of nitrogens with zero attached hydrogens (tertiary/aromatic N) is 2. The minimum Gasteiger partial charge on any atom is -0.391 e. The first kappa shape index (κ1) is 18.3. The van der Waals surface area contributed by atoms with E-state index in [9.17, 15) is 5.11 Å². The topological polar surface area (TPSA) is 26.7 Å². The lowest BCUT2D eigenvalue weighted by Gasteiger charge is -2.44. The summed E-state index contributed by atoms with van der Waals surface area (Å²) in [4.78, 5) is 5.01. The second kappa shape index (κ2) is 7.49. The molecule has 4 heteroatoms. The van der Waals surface area contributed by atoms with Gasteiger partial charge in [-0.05, 0) is 83.3 Å². The van der Waals surface area contributed by atoms with E-state index in [1.54, 1.807) is 0 Å². The molecule has 0 radical (unpaired) electrons. The standard InChI is InChI=1S/C22H27IN2O/c1-15-3-4-16(2)20(11-15)24-7-9-25(10-8-24)21-13-18-12-19(23)6-5-17(18)14-22(21)26/h3-6,11-12,21-22,26H,7-10,13-14H2,1-2H3/t21-,22-/m1/s1. The molecule has 0 saturated carbocycles. The van der Waals surface area contributed by atoms with Gasteiger partial charge in [0.25, 0.3) is 0 Å². The Morgan fingerprint density at radius 1 is 0.923 bits per heavy atom. The van der Waals surface area contributed by atoms with Crippen molar-refractivity contribution in [2.24, 2.45) is 0 Å². The second-order valence-electron chi connectivity index (χ2n) is 7.77. The molecule has 1 N–H and O–H groups in total. The average Bonchev–Trinajstić information content (AvgIpc) is 2.64. The fourth-order valence-electron chi connectivity index (χ4n) is 4.43. The van der Waals surface area contributed by atoms with Crippen LogP contribution >= 0.6 is 22.6 Å². The normalized spacial score (nSPS) is 23.8. The van der Waals surface area contributed by atoms with Crippen LogP contribution in [-0.2, 0) is 12.8 Å². The highest BCUT2D eigenvalue weighted by atomic mass is 127. The summed E-state index contributed by atoms with van der Waals surface area (Å²) >= 11 is 2.38. The molecule has 2 aromatic carbocycles. The van der Waals surface area contributed by atoms with E-state index in [1.807, 2.05) is 0 Å². The maximum Gasteiger partial charge on any atom is 0.0739 e. The molecule has 2 aliphatic rings. The molecule has 0 amide bonds. The SMILES string of the molecule is Cc1ccc(C)c(N2CCN([C@@H]3Cc4cc(I)ccc4C[C@H]3O)CC2)c1. The van der Waals surface area contributed by atoms with Crippen LogP contribution in [0.4, 0.5) is 5.69 Å². The maximum atomic E-state index is 10.7. The molecule has 1 fully saturated rings. The van der Waals surface area contributed by atoms with Gasteiger partial charge in [0.05, 0.1) is 6.10 Å². The molecule has 2 aromatic rings. The molecule has 2 atom stereocenters. The van der Waals surface area contributed by atoms with Gasteiger partial charge in [-0.3, -0.25) is 4.90 Å². The molecular formula is C22H27IN2O. The third kappa shape index (κ3) is 3.64. The van der Waals surface area contributed by atoms with Crippen LogP contribution in [0.15, 0.2) is 36.4 Å². The summed E-state index contributed by atoms with van der Waals surface area (Å²) in [6.45, 7) is 8.48. The number of piperazine rings is 1. The summed E-state index contributed by atoms with van der Waals surface area (Å²) in [5.41, 5.74) is 6.79. The van der Waals surface area contributed by atoms with Gasteiger partial charge in [-0.15, -0.1) is 0 Å². The molecule has 4 rings (SSSR count). The van der Waals surface area contributed by atoms with Crippen molar-refractivity contribution >= 4 is 28.3 Å². The van der Waals surface area contributed by atoms with E-state index >= 15 is 0 Å². The summed E-state index contributed by atoms with van der Waals surface area (Å²) in [7, 11) is 0. The van der Waals surface area contributed by atoms with E-state index in [1.165, 1.54) is 31.5 Å². The van der Waals surface area contributed by atoms with Gasteiger partial charge in [-0.2, -0.15) is 0 Å². The first-order valence-corrected chi connectivity index (χ1v) is 10.6. The lowest BCUT2D eigenvalue weighted by molar-refractivity contribution is 0.0395. The Balaban J connectivity index is 1.45. The molecule has 1 aliphatic heterocycles. The molecule has 0 unspecified atom stereocenters. The van der Waals surface area contributed by atoms with E-state index in [4.69, 9.17) is 0 Å². The average molecular weight is 462 g/mol. The molecule has 0 aromatic heterocycles. The summed E-state index contributed by atoms with van der Waals surface area (Å²) in [6.07, 6.45) is 1.50. The van der Waals surface area contributed by atoms with Crippen LogP contribution in [0.2, 0.25) is 0 Å². The smallest absolute Gasteiger partial charge is 0.0739 e. The maximum absolute atomic E-state index is 10.7. The molecule has 1 heterocycles. The quantitative estimate of drug-likeness (QED) is 0.692. The predicted molar refractivity (Wildman–Crippen MR) is 116 cm³/mol. The van der Waals surface area contributed by atoms with E-state index < -0.39 is 0 Å². The number of aliphatic hydroxyl groups excluding tert-OH is 1. The molecule has 26 heavy (non-hydrogen) atoms. The fraction of sp³-hybridized carbons (Fsp3) is 0.455. The molecular weight excluding hydrogens is 435 g/mol. The van der Waals surface area contributed by atoms with E-state index in [-0.39, 0.29) is 12.1 Å². The largest absolute Gasteiger partial charge is 0.391 e. The van der Waals surface area contributed by atoms with Crippen molar-refractivity contribution in [1.29, 1.82) is 0 Å². The Kier molecular flexibility index (Phi) is 5.26. The zero-order valence-corrected chi connectivity index (χ0v) is 17.7. The van der Waals surface area contributed by atoms with Crippen LogP contribution in [0.25, 0.3) is 0 Å². The molecule has 1 saturated heterocycles. The number of rotatable bonds is 2. The van der Waals surface area contributed by atoms with Gasteiger partial charge in [0.1, 0.15) is 0 Å². The number of halogens is 1. The number of hydrogen-bond donors (Lipinski definition) is 1. The number of benzene rings is 2. The van der Waals surface area contributed by atoms with Crippen molar-refractivity contribution in [3.8, 4) is 0 Å². The molecule has 0 bridgehead atoms. The number of aryl methyl sites for hydroxylation is 2. The third-order valence-electron chi connectivity index (χ3n) is 5.96. The van der Waals surface area contributed by atoms with E-state index in [0.717, 1.165) is 39.0 Å². The molecule has 138 valence electrons. The van der Waals surface area contributed by atoms with Crippen LogP contribution in [0, 0.1) is 17.4 Å². The summed E-state index contributed by atoms with van der Waals surface area (Å²) in [5, 5.41) is 10.7. The Bertz CT molecular complexity index is 799. The Morgan fingerprint density at radius 3 is 2.46 bits per heavy atom. The van der Waals surface area contributed by atoms with Gasteiger partial charge in [0.15, 0.2) is 0 Å². The first-order chi connectivity index (χ1) is 12.5. The highest BCUT2D eigenvalue weighted by Crippen LogP contribution is 2.29. The lowest BCUT2D eigenvalue weighted by Crippen LogP contribution is -2.56. The zero-order valence-electron chi connectivity index (χ0n) is 15.6. The monoisotopic (exact) mass is 462 g/mol. The van der Waals surface area contributed by atoms with Crippen molar-refractivity contribution in [3.05, 3.63) is 62.2 Å². The summed E-state index contributed by atoms with van der Waals surface area (Å²) < 4.78 is 1.29. The van der Waals surface area contributed by atoms with Gasteiger partial charge < -0.3 is 10.0 Å². The molecule has 0 spiro atoms. The van der Waals surface area contributed by atoms with Gasteiger partial charge in [0, 0.05) is 47.9 Å². The lowest BCUT2D eigenvalue weighted by atomic mass is 9.85. The van der Waals surface area contributed by atoms with Crippen molar-refractivity contribution in [2.75, 3.05) is 31.1 Å². The minimum atomic E-state index is -0.255. The molecule has 1 aliphatic carbocycles. The van der Waals surface area contributed by atoms with Crippen molar-refractivity contribution in [3.63, 3.8) is 0 Å². The van der Waals surface area contributed by atoms with Gasteiger partial charge in [0.2, 0.25) is 0 Å². The predicted octanol–water partition coefficient (Wildman–Crippen LogP) is 3.56. The van der Waals surface area contributed by atoms with Crippen LogP contribution < -0.4 is 4.90 Å². The summed E-state index contributed by atoms with van der Waals surface area (Å²) in [5.74, 6) is 0. The van der Waals surface area contributed by atoms with Gasteiger partial charge >= 0.3 is 0 Å². The van der Waals surface area contributed by atoms with Crippen molar-refractivity contribution in [1.82, 2.24) is 4.90 Å². The second-order valence-corrected chi connectivity index (χ2v) is 9.01. The number of anilines is 1. The molecule has 3 nitrogen and oxygen atoms in total. The third-order valence-corrected chi connectivity index (χ3v) is 6.63. The van der Waals surface area contributed by atoms with E-state index in [2.05, 4.69) is 82.6 Å². The van der Waals surface area contributed by atoms with Crippen LogP contribution in [0.1, 0.15) is 22.3 Å². The Hall–Kier alpha value is -1.11. The zero-order chi connectivity index (χ0) is 18.3. The Morgan fingerprint density at radius 2 is 1.69 bits per heavy atom. The highest BCUT2D eigenvalue weighted by Gasteiger charge is 2.33. The Labute approximate surface area is 170 Å². The van der Waals surface area contributed by atoms with Crippen molar-refractivity contribution < 1.29 is 5.11 Å².